The van der Waals surface area contributed by atoms with Gasteiger partial charge in [-0.05, 0) is 0 Å². The van der Waals surface area contributed by atoms with Crippen molar-refractivity contribution in [3.63, 3.8) is 0 Å². The molecule has 0 aromatic heterocycles. The highest BCUT2D eigenvalue weighted by molar-refractivity contribution is 5.79. The summed E-state index contributed by atoms with van der Waals surface area (Å²) in [4.78, 5) is 24.1. The Morgan fingerprint density at radius 3 is 2.47 bits per heavy atom. The lowest BCUT2D eigenvalue weighted by atomic mass is 10.0. The first-order valence-electron chi connectivity index (χ1n) is 5.02. The highest BCUT2D eigenvalue weighted by Crippen LogP contribution is 2.20. The number of likely N-dealkylation sites (N-methyl/N-ethyl adjacent to an activating group) is 1. The SMILES string of the molecule is CC(C)C(=O)N(C)C1COCC1C(=O)O. The summed E-state index contributed by atoms with van der Waals surface area (Å²) in [7, 11) is 1.64. The monoisotopic (exact) mass is 215 g/mol. The zero-order valence-corrected chi connectivity index (χ0v) is 9.27. The molecule has 0 aromatic carbocycles. The largest absolute Gasteiger partial charge is 0.481 e. The van der Waals surface area contributed by atoms with Crippen molar-refractivity contribution in [2.45, 2.75) is 19.9 Å². The summed E-state index contributed by atoms with van der Waals surface area (Å²) in [6.45, 7) is 4.09. The second kappa shape index (κ2) is 4.61. The number of hydrogen-bond donors (Lipinski definition) is 1. The van der Waals surface area contributed by atoms with E-state index in [9.17, 15) is 9.59 Å². The number of ether oxygens (including phenoxy) is 1. The molecule has 1 heterocycles. The third-order valence-corrected chi connectivity index (χ3v) is 2.71. The van der Waals surface area contributed by atoms with Gasteiger partial charge < -0.3 is 14.7 Å². The van der Waals surface area contributed by atoms with Crippen molar-refractivity contribution in [3.8, 4) is 0 Å². The number of rotatable bonds is 3. The maximum atomic E-state index is 11.7. The van der Waals surface area contributed by atoms with Crippen LogP contribution in [-0.4, -0.2) is 48.2 Å². The van der Waals surface area contributed by atoms with Crippen molar-refractivity contribution in [1.82, 2.24) is 4.90 Å². The van der Waals surface area contributed by atoms with E-state index in [1.54, 1.807) is 20.9 Å². The molecule has 1 rings (SSSR count). The van der Waals surface area contributed by atoms with Crippen LogP contribution in [0.3, 0.4) is 0 Å². The highest BCUT2D eigenvalue weighted by atomic mass is 16.5. The minimum atomic E-state index is -0.902. The summed E-state index contributed by atoms with van der Waals surface area (Å²) in [5, 5.41) is 8.93. The predicted octanol–water partition coefficient (Wildman–Crippen LogP) is 0.200. The first-order chi connectivity index (χ1) is 6.95. The molecule has 5 nitrogen and oxygen atoms in total. The average Bonchev–Trinajstić information content (AvgIpc) is 2.63. The number of hydrogen-bond acceptors (Lipinski definition) is 3. The number of carboxylic acids is 1. The van der Waals surface area contributed by atoms with Gasteiger partial charge in [0.2, 0.25) is 5.91 Å². The van der Waals surface area contributed by atoms with Crippen molar-refractivity contribution in [2.75, 3.05) is 20.3 Å². The van der Waals surface area contributed by atoms with E-state index < -0.39 is 11.9 Å². The van der Waals surface area contributed by atoms with E-state index in [1.807, 2.05) is 0 Å². The molecule has 1 saturated heterocycles. The van der Waals surface area contributed by atoms with Crippen LogP contribution < -0.4 is 0 Å². The highest BCUT2D eigenvalue weighted by Gasteiger charge is 2.38. The number of carbonyl (C=O) groups excluding carboxylic acids is 1. The Bertz CT molecular complexity index is 264. The molecule has 0 aromatic rings. The smallest absolute Gasteiger partial charge is 0.311 e. The van der Waals surface area contributed by atoms with Gasteiger partial charge in [0.1, 0.15) is 5.92 Å². The quantitative estimate of drug-likeness (QED) is 0.730. The number of nitrogens with zero attached hydrogens (tertiary/aromatic N) is 1. The summed E-state index contributed by atoms with van der Waals surface area (Å²) in [5.41, 5.74) is 0. The molecule has 2 unspecified atom stereocenters. The molecule has 1 aliphatic heterocycles. The van der Waals surface area contributed by atoms with Crippen LogP contribution >= 0.6 is 0 Å². The average molecular weight is 215 g/mol. The van der Waals surface area contributed by atoms with E-state index in [-0.39, 0.29) is 24.5 Å². The third-order valence-electron chi connectivity index (χ3n) is 2.71. The van der Waals surface area contributed by atoms with Crippen LogP contribution in [-0.2, 0) is 14.3 Å². The molecule has 0 bridgehead atoms. The minimum absolute atomic E-state index is 0.0447. The Hall–Kier alpha value is -1.10. The number of carboxylic acid groups (broad SMARTS) is 1. The van der Waals surface area contributed by atoms with Crippen molar-refractivity contribution in [1.29, 1.82) is 0 Å². The molecule has 1 amide bonds. The molecule has 0 spiro atoms. The Morgan fingerprint density at radius 1 is 1.40 bits per heavy atom. The Kier molecular flexibility index (Phi) is 3.68. The summed E-state index contributed by atoms with van der Waals surface area (Å²) in [6, 6.07) is -0.336. The Balaban J connectivity index is 2.70. The fourth-order valence-electron chi connectivity index (χ4n) is 1.73. The van der Waals surface area contributed by atoms with Gasteiger partial charge in [0, 0.05) is 13.0 Å². The molecule has 2 atom stereocenters. The van der Waals surface area contributed by atoms with E-state index in [0.717, 1.165) is 0 Å². The molecule has 0 saturated carbocycles. The molecule has 15 heavy (non-hydrogen) atoms. The topological polar surface area (TPSA) is 66.8 Å². The number of carbonyl (C=O) groups is 2. The van der Waals surface area contributed by atoms with Crippen molar-refractivity contribution in [2.24, 2.45) is 11.8 Å². The normalized spacial score (nSPS) is 25.6. The van der Waals surface area contributed by atoms with E-state index in [4.69, 9.17) is 9.84 Å². The van der Waals surface area contributed by atoms with Crippen molar-refractivity contribution >= 4 is 11.9 Å². The Labute approximate surface area is 89.0 Å². The standard InChI is InChI=1S/C10H17NO4/c1-6(2)9(12)11(3)8-5-15-4-7(8)10(13)14/h6-8H,4-5H2,1-3H3,(H,13,14). The fourth-order valence-corrected chi connectivity index (χ4v) is 1.73. The van der Waals surface area contributed by atoms with E-state index in [1.165, 1.54) is 4.90 Å². The van der Waals surface area contributed by atoms with Gasteiger partial charge in [0.15, 0.2) is 0 Å². The van der Waals surface area contributed by atoms with Crippen LogP contribution in [0.5, 0.6) is 0 Å². The van der Waals surface area contributed by atoms with Gasteiger partial charge in [0.25, 0.3) is 0 Å². The Morgan fingerprint density at radius 2 is 2.00 bits per heavy atom. The fraction of sp³-hybridized carbons (Fsp3) is 0.800. The van der Waals surface area contributed by atoms with Crippen LogP contribution in [0, 0.1) is 11.8 Å². The maximum absolute atomic E-state index is 11.7. The summed E-state index contributed by atoms with van der Waals surface area (Å²) in [5.74, 6) is -1.67. The van der Waals surface area contributed by atoms with Crippen LogP contribution in [0.25, 0.3) is 0 Å². The zero-order valence-electron chi connectivity index (χ0n) is 9.27. The van der Waals surface area contributed by atoms with E-state index in [0.29, 0.717) is 6.61 Å². The lowest BCUT2D eigenvalue weighted by molar-refractivity contribution is -0.145. The minimum Gasteiger partial charge on any atom is -0.481 e. The van der Waals surface area contributed by atoms with Gasteiger partial charge in [-0.2, -0.15) is 0 Å². The second-order valence-corrected chi connectivity index (χ2v) is 4.15. The molecular weight excluding hydrogens is 198 g/mol. The molecule has 0 aliphatic carbocycles. The summed E-state index contributed by atoms with van der Waals surface area (Å²) < 4.78 is 5.11. The maximum Gasteiger partial charge on any atom is 0.311 e. The zero-order chi connectivity index (χ0) is 11.6. The molecule has 1 N–H and O–H groups in total. The van der Waals surface area contributed by atoms with Gasteiger partial charge in [0.05, 0.1) is 19.3 Å². The molecular formula is C10H17NO4. The number of aliphatic carboxylic acids is 1. The van der Waals surface area contributed by atoms with Gasteiger partial charge in [-0.15, -0.1) is 0 Å². The van der Waals surface area contributed by atoms with Crippen LogP contribution in [0.4, 0.5) is 0 Å². The van der Waals surface area contributed by atoms with Crippen LogP contribution in [0.1, 0.15) is 13.8 Å². The molecule has 86 valence electrons. The predicted molar refractivity (Wildman–Crippen MR) is 53.3 cm³/mol. The molecule has 5 heteroatoms. The van der Waals surface area contributed by atoms with Crippen LogP contribution in [0.2, 0.25) is 0 Å². The van der Waals surface area contributed by atoms with Crippen molar-refractivity contribution < 1.29 is 19.4 Å². The lowest BCUT2D eigenvalue weighted by Gasteiger charge is -2.27. The second-order valence-electron chi connectivity index (χ2n) is 4.15. The van der Waals surface area contributed by atoms with Gasteiger partial charge in [-0.1, -0.05) is 13.8 Å². The van der Waals surface area contributed by atoms with Gasteiger partial charge >= 0.3 is 5.97 Å². The number of amides is 1. The summed E-state index contributed by atoms with van der Waals surface area (Å²) >= 11 is 0. The summed E-state index contributed by atoms with van der Waals surface area (Å²) in [6.07, 6.45) is 0. The van der Waals surface area contributed by atoms with E-state index >= 15 is 0 Å². The van der Waals surface area contributed by atoms with Crippen LogP contribution in [0.15, 0.2) is 0 Å². The van der Waals surface area contributed by atoms with Gasteiger partial charge in [-0.25, -0.2) is 0 Å². The molecule has 1 fully saturated rings. The first-order valence-corrected chi connectivity index (χ1v) is 5.02. The molecule has 0 radical (unpaired) electrons. The van der Waals surface area contributed by atoms with Crippen molar-refractivity contribution in [3.05, 3.63) is 0 Å². The lowest BCUT2D eigenvalue weighted by Crippen LogP contribution is -2.45. The van der Waals surface area contributed by atoms with Gasteiger partial charge in [-0.3, -0.25) is 9.59 Å². The molecule has 1 aliphatic rings. The first kappa shape index (κ1) is 12.0. The third kappa shape index (κ3) is 2.47. The van der Waals surface area contributed by atoms with E-state index in [2.05, 4.69) is 0 Å².